The molecule has 3 N–H and O–H groups in total. The van der Waals surface area contributed by atoms with Crippen molar-refractivity contribution >= 4 is 16.9 Å². The first-order valence-electron chi connectivity index (χ1n) is 9.30. The summed E-state index contributed by atoms with van der Waals surface area (Å²) < 4.78 is 73.3. The number of rotatable bonds is 1. The van der Waals surface area contributed by atoms with Crippen molar-refractivity contribution in [3.63, 3.8) is 0 Å². The number of nitrogens with two attached hydrogens (primary N) is 1. The fraction of sp³-hybridized carbons (Fsp3) is 0.227. The van der Waals surface area contributed by atoms with Crippen LogP contribution in [-0.4, -0.2) is 29.6 Å². The summed E-state index contributed by atoms with van der Waals surface area (Å²) in [6, 6.07) is 10.1. The van der Waals surface area contributed by atoms with E-state index in [2.05, 4.69) is 26.6 Å². The Morgan fingerprint density at radius 1 is 1.13 bits per heavy atom. The smallest absolute Gasteiger partial charge is 0.425 e. The van der Waals surface area contributed by atoms with Crippen molar-refractivity contribution in [2.45, 2.75) is 30.9 Å². The summed E-state index contributed by atoms with van der Waals surface area (Å²) >= 11 is 0. The molecule has 0 radical (unpaired) electrons. The lowest BCUT2D eigenvalue weighted by atomic mass is 9.90. The van der Waals surface area contributed by atoms with Crippen molar-refractivity contribution in [3.8, 4) is 11.8 Å². The van der Waals surface area contributed by atoms with Gasteiger partial charge in [0, 0.05) is 40.6 Å². The average Bonchev–Trinajstić information content (AvgIpc) is 3.13. The molecule has 1 aliphatic rings. The molecule has 0 bridgehead atoms. The van der Waals surface area contributed by atoms with E-state index in [-0.39, 0.29) is 5.56 Å². The lowest BCUT2D eigenvalue weighted by molar-refractivity contribution is -0.201. The molecule has 1 aromatic heterocycles. The molecule has 3 aromatic rings. The van der Waals surface area contributed by atoms with Crippen LogP contribution in [0, 0.1) is 17.7 Å². The molecular formula is C22H16F5N3O. The Bertz CT molecular complexity index is 1210. The highest BCUT2D eigenvalue weighted by atomic mass is 19.4. The summed E-state index contributed by atoms with van der Waals surface area (Å²) in [7, 11) is 0. The Balaban J connectivity index is 1.70. The summed E-state index contributed by atoms with van der Waals surface area (Å²) in [5.74, 6) is 3.43. The maximum Gasteiger partial charge on any atom is 0.425 e. The Labute approximate surface area is 173 Å². The molecule has 9 heteroatoms. The average molecular weight is 433 g/mol. The SMILES string of the molecule is NC1=NC(F)C(c2cc(C#Cc3cccc4[nH]ccc34)ccc2F)C[C@@H](C(F)(F)F)O1. The molecule has 2 aromatic carbocycles. The van der Waals surface area contributed by atoms with E-state index in [9.17, 15) is 22.0 Å². The highest BCUT2D eigenvalue weighted by Crippen LogP contribution is 2.38. The second kappa shape index (κ2) is 7.95. The van der Waals surface area contributed by atoms with Crippen LogP contribution in [0.1, 0.15) is 29.0 Å². The molecule has 0 aliphatic carbocycles. The molecule has 3 atom stereocenters. The third-order valence-electron chi connectivity index (χ3n) is 5.01. The lowest BCUT2D eigenvalue weighted by Gasteiger charge is -2.23. The molecule has 4 nitrogen and oxygen atoms in total. The van der Waals surface area contributed by atoms with E-state index in [0.29, 0.717) is 11.1 Å². The molecule has 160 valence electrons. The van der Waals surface area contributed by atoms with Crippen LogP contribution in [0.15, 0.2) is 53.7 Å². The van der Waals surface area contributed by atoms with E-state index in [1.54, 1.807) is 12.3 Å². The van der Waals surface area contributed by atoms with Crippen molar-refractivity contribution in [1.82, 2.24) is 4.98 Å². The minimum Gasteiger partial charge on any atom is -0.452 e. The van der Waals surface area contributed by atoms with Gasteiger partial charge < -0.3 is 15.5 Å². The monoisotopic (exact) mass is 433 g/mol. The third-order valence-corrected chi connectivity index (χ3v) is 5.01. The van der Waals surface area contributed by atoms with E-state index < -0.39 is 42.8 Å². The Kier molecular flexibility index (Phi) is 5.31. The van der Waals surface area contributed by atoms with E-state index in [1.165, 1.54) is 12.1 Å². The maximum atomic E-state index is 14.6. The first-order chi connectivity index (χ1) is 14.7. The number of halogens is 5. The van der Waals surface area contributed by atoms with Crippen molar-refractivity contribution in [3.05, 3.63) is 71.2 Å². The summed E-state index contributed by atoms with van der Waals surface area (Å²) in [6.07, 6.45) is -8.51. The summed E-state index contributed by atoms with van der Waals surface area (Å²) in [5.41, 5.74) is 6.89. The fourth-order valence-electron chi connectivity index (χ4n) is 3.49. The van der Waals surface area contributed by atoms with Crippen LogP contribution < -0.4 is 5.73 Å². The highest BCUT2D eigenvalue weighted by Gasteiger charge is 2.47. The van der Waals surface area contributed by atoms with Crippen molar-refractivity contribution in [1.29, 1.82) is 0 Å². The van der Waals surface area contributed by atoms with Gasteiger partial charge in [-0.15, -0.1) is 0 Å². The number of hydrogen-bond donors (Lipinski definition) is 2. The number of fused-ring (bicyclic) bond motifs is 1. The van der Waals surface area contributed by atoms with Crippen molar-refractivity contribution in [2.75, 3.05) is 0 Å². The number of alkyl halides is 4. The van der Waals surface area contributed by atoms with Crippen LogP contribution in [-0.2, 0) is 4.74 Å². The standard InChI is InChI=1S/C22H16F5N3O/c23-17-7-5-12(4-6-13-2-1-3-18-14(13)8-9-29-18)10-15(17)16-11-19(22(25,26)27)31-21(28)30-20(16)24/h1-3,5,7-10,16,19-20,29H,11H2,(H2,28,30)/t16?,19-,20?/m0/s1. The molecule has 31 heavy (non-hydrogen) atoms. The van der Waals surface area contributed by atoms with Gasteiger partial charge in [0.05, 0.1) is 0 Å². The van der Waals surface area contributed by atoms with Gasteiger partial charge in [-0.3, -0.25) is 0 Å². The normalized spacial score (nSPS) is 21.6. The van der Waals surface area contributed by atoms with Gasteiger partial charge in [0.15, 0.2) is 6.10 Å². The van der Waals surface area contributed by atoms with Crippen molar-refractivity contribution in [2.24, 2.45) is 10.7 Å². The maximum absolute atomic E-state index is 14.6. The predicted molar refractivity (Wildman–Crippen MR) is 105 cm³/mol. The van der Waals surface area contributed by atoms with E-state index in [1.807, 2.05) is 18.2 Å². The Morgan fingerprint density at radius 2 is 1.94 bits per heavy atom. The third kappa shape index (κ3) is 4.33. The zero-order valence-corrected chi connectivity index (χ0v) is 15.9. The number of nitrogens with zero attached hydrogens (tertiary/aromatic N) is 1. The zero-order valence-electron chi connectivity index (χ0n) is 15.9. The van der Waals surface area contributed by atoms with Gasteiger partial charge in [-0.1, -0.05) is 17.9 Å². The van der Waals surface area contributed by atoms with Gasteiger partial charge in [0.2, 0.25) is 6.30 Å². The number of ether oxygens (including phenoxy) is 1. The molecule has 0 saturated heterocycles. The van der Waals surface area contributed by atoms with Gasteiger partial charge in [0.1, 0.15) is 5.82 Å². The molecule has 4 rings (SSSR count). The molecule has 0 amide bonds. The molecule has 2 heterocycles. The van der Waals surface area contributed by atoms with Crippen LogP contribution in [0.5, 0.6) is 0 Å². The Morgan fingerprint density at radius 3 is 2.71 bits per heavy atom. The van der Waals surface area contributed by atoms with Crippen LogP contribution in [0.4, 0.5) is 22.0 Å². The van der Waals surface area contributed by atoms with Gasteiger partial charge in [0.25, 0.3) is 6.02 Å². The van der Waals surface area contributed by atoms with Crippen LogP contribution in [0.3, 0.4) is 0 Å². The Hall–Kier alpha value is -3.54. The second-order valence-corrected chi connectivity index (χ2v) is 7.06. The molecule has 1 aliphatic heterocycles. The highest BCUT2D eigenvalue weighted by molar-refractivity contribution is 5.85. The second-order valence-electron chi connectivity index (χ2n) is 7.06. The first-order valence-corrected chi connectivity index (χ1v) is 9.30. The number of aromatic amines is 1. The van der Waals surface area contributed by atoms with Gasteiger partial charge in [-0.25, -0.2) is 8.78 Å². The van der Waals surface area contributed by atoms with Gasteiger partial charge in [-0.05, 0) is 42.0 Å². The molecule has 0 spiro atoms. The topological polar surface area (TPSA) is 63.4 Å². The number of amidine groups is 1. The molecule has 0 saturated carbocycles. The van der Waals surface area contributed by atoms with Gasteiger partial charge >= 0.3 is 6.18 Å². The first kappa shape index (κ1) is 20.7. The predicted octanol–water partition coefficient (Wildman–Crippen LogP) is 4.75. The fourth-order valence-corrected chi connectivity index (χ4v) is 3.49. The van der Waals surface area contributed by atoms with E-state index in [4.69, 9.17) is 5.73 Å². The van der Waals surface area contributed by atoms with Crippen molar-refractivity contribution < 1.29 is 26.7 Å². The zero-order chi connectivity index (χ0) is 22.2. The molecular weight excluding hydrogens is 417 g/mol. The number of hydrogen-bond acceptors (Lipinski definition) is 3. The van der Waals surface area contributed by atoms with E-state index in [0.717, 1.165) is 17.0 Å². The van der Waals surface area contributed by atoms with Crippen LogP contribution in [0.2, 0.25) is 0 Å². The van der Waals surface area contributed by atoms with Crippen LogP contribution >= 0.6 is 0 Å². The number of H-pyrrole nitrogens is 1. The minimum atomic E-state index is -4.81. The summed E-state index contributed by atoms with van der Waals surface area (Å²) in [5, 5.41) is 0.889. The number of nitrogens with one attached hydrogen (secondary N) is 1. The summed E-state index contributed by atoms with van der Waals surface area (Å²) in [4.78, 5) is 6.35. The molecule has 2 unspecified atom stereocenters. The lowest BCUT2D eigenvalue weighted by Crippen LogP contribution is -2.36. The number of aromatic nitrogens is 1. The summed E-state index contributed by atoms with van der Waals surface area (Å²) in [6.45, 7) is 0. The number of benzene rings is 2. The molecule has 0 fully saturated rings. The number of aliphatic imine (C=N–C) groups is 1. The quantitative estimate of drug-likeness (QED) is 0.331. The largest absolute Gasteiger partial charge is 0.452 e. The van der Waals surface area contributed by atoms with E-state index >= 15 is 0 Å². The minimum absolute atomic E-state index is 0.268. The van der Waals surface area contributed by atoms with Gasteiger partial charge in [-0.2, -0.15) is 18.2 Å². The van der Waals surface area contributed by atoms with Crippen LogP contribution in [0.25, 0.3) is 10.9 Å².